The molecule has 0 fully saturated rings. The lowest BCUT2D eigenvalue weighted by molar-refractivity contribution is -0.125. The summed E-state index contributed by atoms with van der Waals surface area (Å²) in [6.07, 6.45) is -1.56. The van der Waals surface area contributed by atoms with Crippen LogP contribution in [0.4, 0.5) is 0 Å². The number of nitrogens with two attached hydrogens (primary N) is 1. The molecule has 9 heteroatoms. The molecule has 0 saturated carbocycles. The monoisotopic (exact) mass is 262 g/mol. The van der Waals surface area contributed by atoms with Crippen molar-refractivity contribution in [3.8, 4) is 0 Å². The van der Waals surface area contributed by atoms with Gasteiger partial charge in [0.05, 0.1) is 11.4 Å². The maximum Gasteiger partial charge on any atom is 0.247 e. The highest BCUT2D eigenvalue weighted by atomic mass is 32.2. The van der Waals surface area contributed by atoms with Crippen LogP contribution in [0.15, 0.2) is 4.90 Å². The van der Waals surface area contributed by atoms with Crippen LogP contribution < -0.4 is 10.5 Å². The van der Waals surface area contributed by atoms with Crippen LogP contribution in [0.25, 0.3) is 0 Å². The molecular weight excluding hydrogens is 248 g/mol. The first-order chi connectivity index (χ1) is 7.75. The fraction of sp³-hybridized carbons (Fsp3) is 0.500. The molecule has 0 bridgehead atoms. The number of aromatic amines is 1. The molecule has 0 aliphatic rings. The van der Waals surface area contributed by atoms with Gasteiger partial charge in [0.25, 0.3) is 0 Å². The summed E-state index contributed by atoms with van der Waals surface area (Å²) in [5, 5.41) is 15.4. The van der Waals surface area contributed by atoms with E-state index in [1.807, 2.05) is 0 Å². The molecule has 1 rings (SSSR count). The highest BCUT2D eigenvalue weighted by Gasteiger charge is 2.23. The molecule has 0 aliphatic carbocycles. The normalized spacial score (nSPS) is 13.6. The van der Waals surface area contributed by atoms with E-state index >= 15 is 0 Å². The molecule has 1 atom stereocenters. The Labute approximate surface area is 98.3 Å². The molecule has 96 valence electrons. The number of sulfonamides is 1. The molecule has 5 N–H and O–H groups in total. The second-order valence-corrected chi connectivity index (χ2v) is 5.24. The lowest BCUT2D eigenvalue weighted by Crippen LogP contribution is -2.40. The van der Waals surface area contributed by atoms with Crippen LogP contribution >= 0.6 is 0 Å². The fourth-order valence-corrected chi connectivity index (χ4v) is 2.70. The molecule has 0 saturated heterocycles. The molecule has 0 spiro atoms. The highest BCUT2D eigenvalue weighted by Crippen LogP contribution is 2.15. The molecule has 1 unspecified atom stereocenters. The van der Waals surface area contributed by atoms with Crippen molar-refractivity contribution < 1.29 is 18.3 Å². The van der Waals surface area contributed by atoms with Crippen molar-refractivity contribution in [1.82, 2.24) is 14.9 Å². The number of aliphatic hydroxyl groups is 1. The summed E-state index contributed by atoms with van der Waals surface area (Å²) in [5.41, 5.74) is 5.49. The molecule has 0 radical (unpaired) electrons. The first-order valence-corrected chi connectivity index (χ1v) is 6.22. The molecule has 8 nitrogen and oxygen atoms in total. The number of rotatable bonds is 5. The second kappa shape index (κ2) is 4.82. The van der Waals surface area contributed by atoms with Crippen molar-refractivity contribution in [3.63, 3.8) is 0 Å². The van der Waals surface area contributed by atoms with Gasteiger partial charge in [0.1, 0.15) is 11.0 Å². The maximum atomic E-state index is 11.8. The van der Waals surface area contributed by atoms with Crippen LogP contribution in [0.5, 0.6) is 0 Å². The summed E-state index contributed by atoms with van der Waals surface area (Å²) >= 11 is 0. The summed E-state index contributed by atoms with van der Waals surface area (Å²) in [4.78, 5) is 10.6. The van der Waals surface area contributed by atoms with Crippen molar-refractivity contribution >= 4 is 15.9 Å². The van der Waals surface area contributed by atoms with E-state index in [-0.39, 0.29) is 4.90 Å². The van der Waals surface area contributed by atoms with E-state index in [0.29, 0.717) is 11.4 Å². The minimum atomic E-state index is -3.82. The fourth-order valence-electron chi connectivity index (χ4n) is 1.30. The minimum Gasteiger partial charge on any atom is -0.382 e. The largest absolute Gasteiger partial charge is 0.382 e. The number of nitrogens with zero attached hydrogens (tertiary/aromatic N) is 1. The first kappa shape index (κ1) is 13.6. The van der Waals surface area contributed by atoms with Gasteiger partial charge in [0.15, 0.2) is 0 Å². The summed E-state index contributed by atoms with van der Waals surface area (Å²) in [6, 6.07) is 0. The van der Waals surface area contributed by atoms with Crippen LogP contribution in [0.1, 0.15) is 11.4 Å². The Bertz CT molecular complexity index is 502. The predicted molar refractivity (Wildman–Crippen MR) is 58.5 cm³/mol. The van der Waals surface area contributed by atoms with E-state index in [1.54, 1.807) is 6.92 Å². The van der Waals surface area contributed by atoms with Gasteiger partial charge < -0.3 is 10.8 Å². The molecule has 1 aromatic heterocycles. The zero-order valence-electron chi connectivity index (χ0n) is 9.39. The highest BCUT2D eigenvalue weighted by molar-refractivity contribution is 7.89. The topological polar surface area (TPSA) is 138 Å². The van der Waals surface area contributed by atoms with Crippen molar-refractivity contribution in [3.05, 3.63) is 11.4 Å². The maximum absolute atomic E-state index is 11.8. The predicted octanol–water partition coefficient (Wildman–Crippen LogP) is -1.85. The summed E-state index contributed by atoms with van der Waals surface area (Å²) < 4.78 is 25.7. The number of carbonyl (C=O) groups is 1. The third-order valence-corrected chi connectivity index (χ3v) is 3.81. The molecule has 1 heterocycles. The molecule has 17 heavy (non-hydrogen) atoms. The molecule has 0 aliphatic heterocycles. The van der Waals surface area contributed by atoms with Crippen molar-refractivity contribution in [2.75, 3.05) is 6.54 Å². The minimum absolute atomic E-state index is 0.00849. The standard InChI is InChI=1S/C8H14N4O4S/c1-4-7(5(2)12-11-4)17(15,16)10-3-6(13)8(9)14/h6,10,13H,3H2,1-2H3,(H2,9,14)(H,11,12). The third-order valence-electron chi connectivity index (χ3n) is 2.12. The smallest absolute Gasteiger partial charge is 0.247 e. The van der Waals surface area contributed by atoms with Crippen LogP contribution in [-0.4, -0.2) is 42.3 Å². The van der Waals surface area contributed by atoms with E-state index in [9.17, 15) is 13.2 Å². The molecule has 1 amide bonds. The van der Waals surface area contributed by atoms with Crippen molar-refractivity contribution in [2.45, 2.75) is 24.8 Å². The van der Waals surface area contributed by atoms with E-state index in [1.165, 1.54) is 6.92 Å². The summed E-state index contributed by atoms with van der Waals surface area (Å²) in [6.45, 7) is 2.61. The zero-order chi connectivity index (χ0) is 13.2. The van der Waals surface area contributed by atoms with Gasteiger partial charge in [-0.3, -0.25) is 9.89 Å². The van der Waals surface area contributed by atoms with Gasteiger partial charge in [0, 0.05) is 6.54 Å². The van der Waals surface area contributed by atoms with Crippen LogP contribution in [0, 0.1) is 13.8 Å². The average Bonchev–Trinajstić information content (AvgIpc) is 2.55. The zero-order valence-corrected chi connectivity index (χ0v) is 10.2. The second-order valence-electron chi connectivity index (χ2n) is 3.53. The number of amides is 1. The Morgan fingerprint density at radius 3 is 2.59 bits per heavy atom. The van der Waals surface area contributed by atoms with Gasteiger partial charge in [0.2, 0.25) is 15.9 Å². The van der Waals surface area contributed by atoms with E-state index in [4.69, 9.17) is 10.8 Å². The van der Waals surface area contributed by atoms with E-state index in [2.05, 4.69) is 14.9 Å². The number of carbonyl (C=O) groups excluding carboxylic acids is 1. The van der Waals surface area contributed by atoms with Gasteiger partial charge in [-0.25, -0.2) is 13.1 Å². The molecule has 0 aromatic carbocycles. The number of aliphatic hydroxyl groups excluding tert-OH is 1. The number of H-pyrrole nitrogens is 1. The number of primary amides is 1. The van der Waals surface area contributed by atoms with Gasteiger partial charge in [-0.1, -0.05) is 0 Å². The molecule has 1 aromatic rings. The van der Waals surface area contributed by atoms with Gasteiger partial charge in [-0.2, -0.15) is 5.10 Å². The summed E-state index contributed by atoms with van der Waals surface area (Å²) in [5.74, 6) is -0.992. The first-order valence-electron chi connectivity index (χ1n) is 4.74. The Balaban J connectivity index is 2.87. The average molecular weight is 262 g/mol. The lowest BCUT2D eigenvalue weighted by Gasteiger charge is -2.09. The Hall–Kier alpha value is -1.45. The molecular formula is C8H14N4O4S. The lowest BCUT2D eigenvalue weighted by atomic mass is 10.3. The number of hydrogen-bond donors (Lipinski definition) is 4. The van der Waals surface area contributed by atoms with E-state index in [0.717, 1.165) is 0 Å². The quantitative estimate of drug-likeness (QED) is 0.493. The number of nitrogens with one attached hydrogen (secondary N) is 2. The van der Waals surface area contributed by atoms with Crippen LogP contribution in [0.3, 0.4) is 0 Å². The SMILES string of the molecule is Cc1n[nH]c(C)c1S(=O)(=O)NCC(O)C(N)=O. The van der Waals surface area contributed by atoms with Crippen LogP contribution in [-0.2, 0) is 14.8 Å². The number of aryl methyl sites for hydroxylation is 2. The number of aromatic nitrogens is 2. The Kier molecular flexibility index (Phi) is 3.86. The Morgan fingerprint density at radius 1 is 1.59 bits per heavy atom. The van der Waals surface area contributed by atoms with Gasteiger partial charge >= 0.3 is 0 Å². The van der Waals surface area contributed by atoms with Crippen LogP contribution in [0.2, 0.25) is 0 Å². The third kappa shape index (κ3) is 3.02. The van der Waals surface area contributed by atoms with Crippen molar-refractivity contribution in [1.29, 1.82) is 0 Å². The van der Waals surface area contributed by atoms with Gasteiger partial charge in [-0.15, -0.1) is 0 Å². The number of hydrogen-bond acceptors (Lipinski definition) is 5. The summed E-state index contributed by atoms with van der Waals surface area (Å²) in [7, 11) is -3.82. The van der Waals surface area contributed by atoms with Gasteiger partial charge in [-0.05, 0) is 13.8 Å². The Morgan fingerprint density at radius 2 is 2.18 bits per heavy atom. The van der Waals surface area contributed by atoms with E-state index < -0.39 is 28.6 Å². The van der Waals surface area contributed by atoms with Crippen molar-refractivity contribution in [2.24, 2.45) is 5.73 Å².